The lowest BCUT2D eigenvalue weighted by Crippen LogP contribution is -2.25. The van der Waals surface area contributed by atoms with Crippen molar-refractivity contribution in [3.05, 3.63) is 15.6 Å². The molecule has 0 atom stereocenters. The van der Waals surface area contributed by atoms with Gasteiger partial charge >= 0.3 is 5.97 Å². The molecule has 2 fully saturated rings. The number of carbonyl (C=O) groups is 1. The topological polar surface area (TPSA) is 50.2 Å². The highest BCUT2D eigenvalue weighted by Gasteiger charge is 2.35. The summed E-state index contributed by atoms with van der Waals surface area (Å²) in [6.07, 6.45) is 7.04. The smallest absolute Gasteiger partial charge is 0.347 e. The Kier molecular flexibility index (Phi) is 3.85. The Hall–Kier alpha value is -0.900. The molecule has 2 saturated carbocycles. The van der Waals surface area contributed by atoms with Gasteiger partial charge in [0.05, 0.1) is 10.7 Å². The fourth-order valence-electron chi connectivity index (χ4n) is 3.52. The third-order valence-electron chi connectivity index (χ3n) is 5.13. The van der Waals surface area contributed by atoms with E-state index in [0.29, 0.717) is 22.1 Å². The van der Waals surface area contributed by atoms with Crippen LogP contribution in [0.25, 0.3) is 0 Å². The molecule has 1 aromatic rings. The lowest BCUT2D eigenvalue weighted by atomic mass is 9.70. The number of thiazole rings is 1. The quantitative estimate of drug-likeness (QED) is 0.851. The van der Waals surface area contributed by atoms with E-state index in [1.165, 1.54) is 37.0 Å². The molecule has 3 rings (SSSR count). The van der Waals surface area contributed by atoms with Crippen molar-refractivity contribution in [2.45, 2.75) is 71.1 Å². The molecule has 116 valence electrons. The Bertz CT molecular complexity index is 531. The number of hydrogen-bond acceptors (Lipinski definition) is 3. The third kappa shape index (κ3) is 3.15. The zero-order chi connectivity index (χ0) is 15.2. The van der Waals surface area contributed by atoms with Gasteiger partial charge < -0.3 is 5.11 Å². The number of hydrogen-bond donors (Lipinski definition) is 1. The van der Waals surface area contributed by atoms with Gasteiger partial charge in [-0.3, -0.25) is 0 Å². The Morgan fingerprint density at radius 3 is 2.14 bits per heavy atom. The minimum Gasteiger partial charge on any atom is -0.477 e. The van der Waals surface area contributed by atoms with E-state index >= 15 is 0 Å². The number of rotatable bonds is 3. The first-order chi connectivity index (χ1) is 9.86. The van der Waals surface area contributed by atoms with Gasteiger partial charge in [-0.15, -0.1) is 11.3 Å². The van der Waals surface area contributed by atoms with Crippen molar-refractivity contribution in [2.24, 2.45) is 11.3 Å². The van der Waals surface area contributed by atoms with Crippen molar-refractivity contribution in [1.29, 1.82) is 0 Å². The molecule has 0 unspecified atom stereocenters. The van der Waals surface area contributed by atoms with Crippen LogP contribution in [0.3, 0.4) is 0 Å². The molecular weight excluding hydrogens is 282 g/mol. The summed E-state index contributed by atoms with van der Waals surface area (Å²) < 4.78 is 0. The molecule has 0 spiro atoms. The Balaban J connectivity index is 1.74. The molecule has 0 amide bonds. The summed E-state index contributed by atoms with van der Waals surface area (Å²) in [5, 5.41) is 10.5. The van der Waals surface area contributed by atoms with Crippen LogP contribution in [-0.2, 0) is 0 Å². The zero-order valence-corrected chi connectivity index (χ0v) is 14.0. The van der Waals surface area contributed by atoms with Crippen molar-refractivity contribution >= 4 is 17.3 Å². The molecule has 4 heteroatoms. The van der Waals surface area contributed by atoms with Crippen molar-refractivity contribution in [3.63, 3.8) is 0 Å². The van der Waals surface area contributed by atoms with Gasteiger partial charge in [0, 0.05) is 11.8 Å². The van der Waals surface area contributed by atoms with Gasteiger partial charge in [-0.1, -0.05) is 20.8 Å². The van der Waals surface area contributed by atoms with Gasteiger partial charge in [0.15, 0.2) is 0 Å². The summed E-state index contributed by atoms with van der Waals surface area (Å²) in [4.78, 5) is 16.7. The molecule has 2 aliphatic rings. The average Bonchev–Trinajstić information content (AvgIpc) is 3.16. The van der Waals surface area contributed by atoms with Gasteiger partial charge in [-0.2, -0.15) is 0 Å². The molecule has 0 saturated heterocycles. The lowest BCUT2D eigenvalue weighted by Gasteiger charge is -2.36. The van der Waals surface area contributed by atoms with E-state index in [-0.39, 0.29) is 0 Å². The summed E-state index contributed by atoms with van der Waals surface area (Å²) in [5.74, 6) is 0.908. The molecule has 3 nitrogen and oxygen atoms in total. The van der Waals surface area contributed by atoms with Crippen LogP contribution in [0.1, 0.15) is 91.5 Å². The van der Waals surface area contributed by atoms with Crippen LogP contribution in [0.4, 0.5) is 0 Å². The molecule has 1 N–H and O–H groups in total. The zero-order valence-electron chi connectivity index (χ0n) is 13.2. The molecule has 0 aliphatic heterocycles. The number of aromatic nitrogens is 1. The van der Waals surface area contributed by atoms with Crippen LogP contribution in [-0.4, -0.2) is 16.1 Å². The minimum absolute atomic E-state index is 0.388. The maximum atomic E-state index is 11.4. The van der Waals surface area contributed by atoms with E-state index in [1.54, 1.807) is 0 Å². The van der Waals surface area contributed by atoms with Crippen molar-refractivity contribution in [1.82, 2.24) is 4.98 Å². The molecule has 0 aromatic carbocycles. The number of carboxylic acid groups (broad SMARTS) is 1. The predicted molar refractivity (Wildman–Crippen MR) is 85.2 cm³/mol. The van der Waals surface area contributed by atoms with E-state index in [4.69, 9.17) is 4.98 Å². The Morgan fingerprint density at radius 2 is 1.67 bits per heavy atom. The average molecular weight is 307 g/mol. The van der Waals surface area contributed by atoms with Crippen molar-refractivity contribution in [2.75, 3.05) is 0 Å². The van der Waals surface area contributed by atoms with E-state index in [9.17, 15) is 9.90 Å². The monoisotopic (exact) mass is 307 g/mol. The van der Waals surface area contributed by atoms with Gasteiger partial charge in [0.25, 0.3) is 0 Å². The van der Waals surface area contributed by atoms with E-state index < -0.39 is 5.97 Å². The first-order valence-electron chi connectivity index (χ1n) is 8.10. The second kappa shape index (κ2) is 5.38. The number of aromatic carboxylic acids is 1. The van der Waals surface area contributed by atoms with Crippen molar-refractivity contribution < 1.29 is 9.90 Å². The Morgan fingerprint density at radius 1 is 1.10 bits per heavy atom. The molecular formula is C17H25NO2S. The van der Waals surface area contributed by atoms with Crippen LogP contribution in [0.2, 0.25) is 0 Å². The van der Waals surface area contributed by atoms with Gasteiger partial charge in [0.2, 0.25) is 0 Å². The van der Waals surface area contributed by atoms with Crippen LogP contribution >= 0.6 is 11.3 Å². The normalized spacial score (nSPS) is 26.8. The molecule has 1 heterocycles. The van der Waals surface area contributed by atoms with E-state index in [1.807, 2.05) is 0 Å². The largest absolute Gasteiger partial charge is 0.477 e. The van der Waals surface area contributed by atoms with Gasteiger partial charge in [0.1, 0.15) is 4.88 Å². The predicted octanol–water partition coefficient (Wildman–Crippen LogP) is 5.04. The van der Waals surface area contributed by atoms with Crippen LogP contribution in [0.5, 0.6) is 0 Å². The van der Waals surface area contributed by atoms with Crippen LogP contribution in [0.15, 0.2) is 0 Å². The summed E-state index contributed by atoms with van der Waals surface area (Å²) in [7, 11) is 0. The van der Waals surface area contributed by atoms with Crippen LogP contribution in [0, 0.1) is 11.3 Å². The molecule has 1 aromatic heterocycles. The maximum absolute atomic E-state index is 11.4. The minimum atomic E-state index is -0.788. The Labute approximate surface area is 130 Å². The summed E-state index contributed by atoms with van der Waals surface area (Å²) >= 11 is 1.44. The summed E-state index contributed by atoms with van der Waals surface area (Å²) in [6, 6.07) is 0. The first kappa shape index (κ1) is 15.0. The molecule has 2 aliphatic carbocycles. The van der Waals surface area contributed by atoms with Crippen LogP contribution < -0.4 is 0 Å². The fraction of sp³-hybridized carbons (Fsp3) is 0.765. The van der Waals surface area contributed by atoms with E-state index in [0.717, 1.165) is 29.5 Å². The third-order valence-corrected chi connectivity index (χ3v) is 6.35. The summed E-state index contributed by atoms with van der Waals surface area (Å²) in [6.45, 7) is 6.99. The lowest BCUT2D eigenvalue weighted by molar-refractivity contribution is 0.0700. The van der Waals surface area contributed by atoms with Crippen molar-refractivity contribution in [3.8, 4) is 0 Å². The fourth-order valence-corrected chi connectivity index (χ4v) is 4.68. The second-order valence-corrected chi connectivity index (χ2v) is 8.79. The molecule has 0 radical (unpaired) electrons. The highest BCUT2D eigenvalue weighted by Crippen LogP contribution is 2.47. The highest BCUT2D eigenvalue weighted by atomic mass is 32.1. The molecule has 21 heavy (non-hydrogen) atoms. The number of nitrogens with zero attached hydrogens (tertiary/aromatic N) is 1. The second-order valence-electron chi connectivity index (χ2n) is 7.76. The summed E-state index contributed by atoms with van der Waals surface area (Å²) in [5.41, 5.74) is 1.26. The molecule has 0 bridgehead atoms. The standard InChI is InChI=1S/C17H25NO2S/c1-17(2,3)12-8-6-11(7-9-12)15-18-13(10-4-5-10)14(21-15)16(19)20/h10-12H,4-9H2,1-3H3,(H,19,20). The maximum Gasteiger partial charge on any atom is 0.347 e. The SMILES string of the molecule is CC(C)(C)C1CCC(c2nc(C3CC3)c(C(=O)O)s2)CC1. The van der Waals surface area contributed by atoms with E-state index in [2.05, 4.69) is 20.8 Å². The first-order valence-corrected chi connectivity index (χ1v) is 8.92. The van der Waals surface area contributed by atoms with Gasteiger partial charge in [-0.25, -0.2) is 9.78 Å². The van der Waals surface area contributed by atoms with Gasteiger partial charge in [-0.05, 0) is 49.9 Å². The number of carboxylic acids is 1. The highest BCUT2D eigenvalue weighted by molar-refractivity contribution is 7.13.